The smallest absolute Gasteiger partial charge is 0.0995 e. The highest BCUT2D eigenvalue weighted by molar-refractivity contribution is 5.86. The molecule has 2 rings (SSSR count). The maximum Gasteiger partial charge on any atom is 0.0995 e. The van der Waals surface area contributed by atoms with Gasteiger partial charge in [0.05, 0.1) is 5.84 Å². The van der Waals surface area contributed by atoms with Crippen molar-refractivity contribution in [2.45, 2.75) is 19.3 Å². The lowest BCUT2D eigenvalue weighted by Gasteiger charge is -2.13. The predicted molar refractivity (Wildman–Crippen MR) is 37.6 cm³/mol. The molecule has 0 saturated carbocycles. The minimum atomic E-state index is 0.804. The lowest BCUT2D eigenvalue weighted by Crippen LogP contribution is -2.23. The number of nitrogens with zero attached hydrogens (tertiary/aromatic N) is 1. The van der Waals surface area contributed by atoms with Crippen molar-refractivity contribution in [1.82, 2.24) is 5.32 Å². The zero-order valence-electron chi connectivity index (χ0n) is 5.56. The summed E-state index contributed by atoms with van der Waals surface area (Å²) in [6, 6.07) is 0. The Morgan fingerprint density at radius 2 is 2.44 bits per heavy atom. The van der Waals surface area contributed by atoms with Crippen LogP contribution < -0.4 is 5.32 Å². The van der Waals surface area contributed by atoms with Crippen LogP contribution in [0.3, 0.4) is 0 Å². The molecule has 1 atom stereocenters. The van der Waals surface area contributed by atoms with Gasteiger partial charge < -0.3 is 5.32 Å². The Morgan fingerprint density at radius 3 is 3.33 bits per heavy atom. The Kier molecular flexibility index (Phi) is 1.18. The standard InChI is InChI=1S/C7H12N2/c1-2-6-3-5-9-7(6)8-4-1/h6H,1-5H2,(H,8,9)/t6-/m0/s1. The van der Waals surface area contributed by atoms with Gasteiger partial charge in [0, 0.05) is 19.0 Å². The summed E-state index contributed by atoms with van der Waals surface area (Å²) in [4.78, 5) is 4.40. The largest absolute Gasteiger partial charge is 0.374 e. The molecule has 50 valence electrons. The van der Waals surface area contributed by atoms with Gasteiger partial charge in [0.15, 0.2) is 0 Å². The molecule has 1 fully saturated rings. The third-order valence-corrected chi connectivity index (χ3v) is 2.18. The molecule has 0 bridgehead atoms. The topological polar surface area (TPSA) is 24.4 Å². The van der Waals surface area contributed by atoms with E-state index in [1.54, 1.807) is 0 Å². The van der Waals surface area contributed by atoms with Crippen molar-refractivity contribution in [2.75, 3.05) is 13.1 Å². The van der Waals surface area contributed by atoms with E-state index in [1.165, 1.54) is 25.1 Å². The Hall–Kier alpha value is -0.530. The first-order valence-electron chi connectivity index (χ1n) is 3.75. The summed E-state index contributed by atoms with van der Waals surface area (Å²) in [6.07, 6.45) is 3.99. The zero-order valence-corrected chi connectivity index (χ0v) is 5.56. The van der Waals surface area contributed by atoms with Crippen LogP contribution in [0.5, 0.6) is 0 Å². The lowest BCUT2D eigenvalue weighted by atomic mass is 9.99. The lowest BCUT2D eigenvalue weighted by molar-refractivity contribution is 0.573. The molecule has 2 nitrogen and oxygen atoms in total. The van der Waals surface area contributed by atoms with Crippen molar-refractivity contribution in [3.63, 3.8) is 0 Å². The van der Waals surface area contributed by atoms with E-state index in [0.717, 1.165) is 19.0 Å². The molecular formula is C7H12N2. The van der Waals surface area contributed by atoms with E-state index >= 15 is 0 Å². The van der Waals surface area contributed by atoms with Crippen LogP contribution in [0, 0.1) is 5.92 Å². The summed E-state index contributed by atoms with van der Waals surface area (Å²) >= 11 is 0. The summed E-state index contributed by atoms with van der Waals surface area (Å²) in [5.74, 6) is 2.10. The second kappa shape index (κ2) is 2.01. The van der Waals surface area contributed by atoms with Crippen molar-refractivity contribution in [3.8, 4) is 0 Å². The molecule has 2 aliphatic rings. The van der Waals surface area contributed by atoms with Crippen molar-refractivity contribution in [2.24, 2.45) is 10.9 Å². The third-order valence-electron chi connectivity index (χ3n) is 2.18. The average molecular weight is 124 g/mol. The van der Waals surface area contributed by atoms with Gasteiger partial charge in [0.25, 0.3) is 0 Å². The minimum absolute atomic E-state index is 0.804. The van der Waals surface area contributed by atoms with Crippen LogP contribution >= 0.6 is 0 Å². The van der Waals surface area contributed by atoms with E-state index in [0.29, 0.717) is 0 Å². The first-order chi connectivity index (χ1) is 4.47. The van der Waals surface area contributed by atoms with Gasteiger partial charge in [-0.05, 0) is 19.3 Å². The molecule has 2 heterocycles. The van der Waals surface area contributed by atoms with Crippen LogP contribution in [0.1, 0.15) is 19.3 Å². The van der Waals surface area contributed by atoms with Crippen molar-refractivity contribution in [3.05, 3.63) is 0 Å². The van der Waals surface area contributed by atoms with Gasteiger partial charge >= 0.3 is 0 Å². The third kappa shape index (κ3) is 0.824. The van der Waals surface area contributed by atoms with Crippen molar-refractivity contribution >= 4 is 5.84 Å². The molecule has 0 aromatic heterocycles. The molecule has 2 heteroatoms. The van der Waals surface area contributed by atoms with Gasteiger partial charge in [-0.2, -0.15) is 0 Å². The second-order valence-electron chi connectivity index (χ2n) is 2.82. The Labute approximate surface area is 55.4 Å². The highest BCUT2D eigenvalue weighted by atomic mass is 15.0. The highest BCUT2D eigenvalue weighted by Crippen LogP contribution is 2.20. The Bertz CT molecular complexity index is 140. The van der Waals surface area contributed by atoms with Crippen LogP contribution in [0.2, 0.25) is 0 Å². The van der Waals surface area contributed by atoms with Gasteiger partial charge in [-0.3, -0.25) is 4.99 Å². The summed E-state index contributed by atoms with van der Waals surface area (Å²) in [5, 5.41) is 3.31. The van der Waals surface area contributed by atoms with Crippen LogP contribution in [0.25, 0.3) is 0 Å². The molecule has 9 heavy (non-hydrogen) atoms. The summed E-state index contributed by atoms with van der Waals surface area (Å²) in [5.41, 5.74) is 0. The van der Waals surface area contributed by atoms with Crippen LogP contribution in [0.15, 0.2) is 4.99 Å². The van der Waals surface area contributed by atoms with Gasteiger partial charge in [-0.25, -0.2) is 0 Å². The number of hydrogen-bond acceptors (Lipinski definition) is 2. The zero-order chi connectivity index (χ0) is 6.10. The summed E-state index contributed by atoms with van der Waals surface area (Å²) < 4.78 is 0. The first kappa shape index (κ1) is 5.27. The molecule has 1 saturated heterocycles. The fourth-order valence-corrected chi connectivity index (χ4v) is 1.66. The van der Waals surface area contributed by atoms with E-state index in [1.807, 2.05) is 0 Å². The second-order valence-corrected chi connectivity index (χ2v) is 2.82. The monoisotopic (exact) mass is 124 g/mol. The molecule has 0 spiro atoms. The fraction of sp³-hybridized carbons (Fsp3) is 0.857. The maximum absolute atomic E-state index is 4.40. The van der Waals surface area contributed by atoms with Crippen LogP contribution in [-0.4, -0.2) is 18.9 Å². The SMILES string of the molecule is C1CN=C2NCC[C@@H]2C1. The highest BCUT2D eigenvalue weighted by Gasteiger charge is 2.23. The van der Waals surface area contributed by atoms with E-state index in [-0.39, 0.29) is 0 Å². The molecule has 0 radical (unpaired) electrons. The van der Waals surface area contributed by atoms with Gasteiger partial charge in [0.2, 0.25) is 0 Å². The first-order valence-corrected chi connectivity index (χ1v) is 3.75. The Balaban J connectivity index is 2.16. The number of aliphatic imine (C=N–C) groups is 1. The molecule has 0 aromatic rings. The van der Waals surface area contributed by atoms with Gasteiger partial charge in [-0.1, -0.05) is 0 Å². The molecule has 1 N–H and O–H groups in total. The van der Waals surface area contributed by atoms with E-state index < -0.39 is 0 Å². The van der Waals surface area contributed by atoms with Gasteiger partial charge in [-0.15, -0.1) is 0 Å². The van der Waals surface area contributed by atoms with Crippen LogP contribution in [-0.2, 0) is 0 Å². The molecular weight excluding hydrogens is 112 g/mol. The minimum Gasteiger partial charge on any atom is -0.374 e. The average Bonchev–Trinajstić information content (AvgIpc) is 2.33. The number of nitrogens with one attached hydrogen (secondary N) is 1. The van der Waals surface area contributed by atoms with Crippen molar-refractivity contribution < 1.29 is 0 Å². The number of fused-ring (bicyclic) bond motifs is 1. The van der Waals surface area contributed by atoms with Gasteiger partial charge in [0.1, 0.15) is 0 Å². The normalized spacial score (nSPS) is 32.9. The molecule has 2 aliphatic heterocycles. The fourth-order valence-electron chi connectivity index (χ4n) is 1.66. The number of rotatable bonds is 0. The quantitative estimate of drug-likeness (QED) is 0.507. The maximum atomic E-state index is 4.40. The summed E-state index contributed by atoms with van der Waals surface area (Å²) in [6.45, 7) is 2.21. The molecule has 0 unspecified atom stereocenters. The van der Waals surface area contributed by atoms with E-state index in [2.05, 4.69) is 10.3 Å². The predicted octanol–water partition coefficient (Wildman–Crippen LogP) is 0.788. The van der Waals surface area contributed by atoms with Crippen molar-refractivity contribution in [1.29, 1.82) is 0 Å². The van der Waals surface area contributed by atoms with Crippen LogP contribution in [0.4, 0.5) is 0 Å². The molecule has 0 amide bonds. The number of hydrogen-bond donors (Lipinski definition) is 1. The number of amidine groups is 1. The van der Waals surface area contributed by atoms with E-state index in [4.69, 9.17) is 0 Å². The Morgan fingerprint density at radius 1 is 1.44 bits per heavy atom. The van der Waals surface area contributed by atoms with E-state index in [9.17, 15) is 0 Å². The summed E-state index contributed by atoms with van der Waals surface area (Å²) in [7, 11) is 0. The molecule has 0 aliphatic carbocycles. The molecule has 0 aromatic carbocycles.